The van der Waals surface area contributed by atoms with Gasteiger partial charge in [-0.25, -0.2) is 24.9 Å². The smallest absolute Gasteiger partial charge is 0.125 e. The first-order valence-corrected chi connectivity index (χ1v) is 30.6. The minimum absolute atomic E-state index is 0. The Morgan fingerprint density at radius 3 is 1.19 bits per heavy atom. The minimum Gasteiger partial charge on any atom is -0.514 e. The summed E-state index contributed by atoms with van der Waals surface area (Å²) in [6.07, 6.45) is 7.23. The molecule has 511 valence electrons. The number of aryl methyl sites for hydroxylation is 1. The Balaban J connectivity index is 0.000000144. The van der Waals surface area contributed by atoms with Crippen LogP contribution in [0.25, 0.3) is 33.2 Å². The number of pyridine rings is 5. The van der Waals surface area contributed by atoms with E-state index in [1.165, 1.54) is 5.56 Å². The van der Waals surface area contributed by atoms with Crippen LogP contribution >= 0.6 is 0 Å². The van der Waals surface area contributed by atoms with Gasteiger partial charge in [-0.1, -0.05) is 66.5 Å². The summed E-state index contributed by atoms with van der Waals surface area (Å²) < 4.78 is 6.11. The standard InChI is InChI=1S/C19H13N3O.C19H15N3.C14H13N3.2C13H11N3.5Ir/c1-21-12-22(19-16(21)9-5-11-20-19)15-8-4-7-14-13-6-2-3-10-17(13)23-18(14)15;1-21-14-22(16-10-6-3-7-11-16)19-18(21)13-12-17(20-19)15-8-4-2-5-9-15;1-11-5-3-6-12(9-11)17-10-16(2)13-7-4-8-15-14(13)17;2*1-15-10-16(11-6-3-2-4-7-11)13-12(15)8-5-9-14-13;;;;;/h2-7,9-12H,1H3;2-10,12-14H,1H3;3-5,7-10H,1-2H3;2*2-6,8-10H,1H3;;;;;/q5*-2;;;;;. The van der Waals surface area contributed by atoms with Gasteiger partial charge in [-0.15, -0.1) is 28.8 Å². The number of hydrogen-bond acceptors (Lipinski definition) is 16. The van der Waals surface area contributed by atoms with Crippen molar-refractivity contribution in [2.75, 3.05) is 84.2 Å². The van der Waals surface area contributed by atoms with Gasteiger partial charge in [0, 0.05) is 170 Å². The van der Waals surface area contributed by atoms with Crippen LogP contribution in [0.4, 0.5) is 86.0 Å². The molecule has 11 heterocycles. The molecule has 0 fully saturated rings. The first-order valence-electron chi connectivity index (χ1n) is 30.6. The topological polar surface area (TPSA) is 110 Å². The molecule has 5 radical (unpaired) electrons. The van der Waals surface area contributed by atoms with Crippen LogP contribution < -0.4 is 49.0 Å². The van der Waals surface area contributed by atoms with Gasteiger partial charge in [-0.3, -0.25) is 0 Å². The molecule has 0 atom stereocenters. The van der Waals surface area contributed by atoms with Crippen LogP contribution in [-0.4, -0.2) is 60.2 Å². The zero-order chi connectivity index (χ0) is 64.1. The van der Waals surface area contributed by atoms with E-state index in [1.807, 2.05) is 260 Å². The zero-order valence-corrected chi connectivity index (χ0v) is 66.2. The zero-order valence-electron chi connectivity index (χ0n) is 54.3. The Morgan fingerprint density at radius 2 is 0.727 bits per heavy atom. The van der Waals surface area contributed by atoms with Gasteiger partial charge >= 0.3 is 0 Å². The van der Waals surface area contributed by atoms with Gasteiger partial charge in [0.1, 0.15) is 34.7 Å². The van der Waals surface area contributed by atoms with Gasteiger partial charge in [0.05, 0.1) is 5.69 Å². The second kappa shape index (κ2) is 33.9. The maximum atomic E-state index is 6.11. The van der Waals surface area contributed by atoms with Crippen molar-refractivity contribution in [3.05, 3.63) is 312 Å². The van der Waals surface area contributed by atoms with Crippen LogP contribution in [0, 0.1) is 70.6 Å². The normalized spacial score (nSPS) is 13.2. The van der Waals surface area contributed by atoms with Crippen molar-refractivity contribution in [1.82, 2.24) is 24.9 Å². The van der Waals surface area contributed by atoms with Crippen molar-refractivity contribution >= 4 is 108 Å². The third-order valence-electron chi connectivity index (χ3n) is 16.1. The van der Waals surface area contributed by atoms with Crippen LogP contribution in [0.1, 0.15) is 5.56 Å². The van der Waals surface area contributed by atoms with Gasteiger partial charge in [-0.05, 0) is 102 Å². The van der Waals surface area contributed by atoms with Crippen molar-refractivity contribution in [1.29, 1.82) is 0 Å². The fraction of sp³-hybridized carbons (Fsp3) is 0.0769. The van der Waals surface area contributed by atoms with E-state index in [1.54, 1.807) is 6.20 Å². The molecule has 16 nitrogen and oxygen atoms in total. The van der Waals surface area contributed by atoms with Crippen molar-refractivity contribution in [2.45, 2.75) is 6.92 Å². The number of furan rings is 1. The first-order chi connectivity index (χ1) is 46.1. The molecule has 99 heavy (non-hydrogen) atoms. The Bertz CT molecular complexity index is 4660. The molecule has 0 unspecified atom stereocenters. The number of para-hydroxylation sites is 4. The molecule has 0 N–H and O–H groups in total. The van der Waals surface area contributed by atoms with Crippen LogP contribution in [0.15, 0.2) is 248 Å². The summed E-state index contributed by atoms with van der Waals surface area (Å²) in [6, 6.07) is 88.5. The van der Waals surface area contributed by atoms with Crippen LogP contribution in [0.5, 0.6) is 0 Å². The molecular weight excluding hydrogens is 2120 g/mol. The number of anilines is 15. The van der Waals surface area contributed by atoms with Gasteiger partial charge < -0.3 is 53.4 Å². The van der Waals surface area contributed by atoms with Crippen molar-refractivity contribution in [3.8, 4) is 11.3 Å². The molecule has 0 spiro atoms. The predicted molar refractivity (Wildman–Crippen MR) is 379 cm³/mol. The molecule has 7 aromatic carbocycles. The fourth-order valence-electron chi connectivity index (χ4n) is 11.5. The Kier molecular flexibility index (Phi) is 25.6. The number of nitrogens with zero attached hydrogens (tertiary/aromatic N) is 15. The number of fused-ring (bicyclic) bond motifs is 8. The molecule has 0 saturated heterocycles. The van der Waals surface area contributed by atoms with E-state index in [0.29, 0.717) is 0 Å². The quantitative estimate of drug-likeness (QED) is 0.147. The summed E-state index contributed by atoms with van der Waals surface area (Å²) in [4.78, 5) is 43.2. The Hall–Kier alpha value is -8.66. The summed E-state index contributed by atoms with van der Waals surface area (Å²) in [5, 5.41) is 2.21. The SMILES string of the molecule is CN1[CH-]N(c2[c-]ccc3c2oc2ccccc23)c2ncccc21.CN1[CH-]N(c2[c-]cccc2)c2nc(-c3ccccc3)ccc21.CN1[CH-]N(c2[c-]cccc2)c2ncccc21.CN1[CH-]N(c2[c-]cccc2)c2ncccc21.Cc1cc[c-]c(N2[CH-]N(C)c3cccnc32)c1.[Ir].[Ir].[Ir].[Ir].[Ir]. The largest absolute Gasteiger partial charge is 0.514 e. The second-order valence-corrected chi connectivity index (χ2v) is 22.4. The van der Waals surface area contributed by atoms with Crippen molar-refractivity contribution in [2.24, 2.45) is 0 Å². The molecule has 0 amide bonds. The summed E-state index contributed by atoms with van der Waals surface area (Å²) in [5.74, 6) is 4.68. The van der Waals surface area contributed by atoms with Gasteiger partial charge in [0.15, 0.2) is 0 Å². The van der Waals surface area contributed by atoms with E-state index in [4.69, 9.17) is 9.40 Å². The van der Waals surface area contributed by atoms with E-state index in [9.17, 15) is 0 Å². The first kappa shape index (κ1) is 74.6. The number of aromatic nitrogens is 5. The molecule has 21 heteroatoms. The third-order valence-corrected chi connectivity index (χ3v) is 16.1. The minimum atomic E-state index is 0. The van der Waals surface area contributed by atoms with Gasteiger partial charge in [0.2, 0.25) is 0 Å². The van der Waals surface area contributed by atoms with Gasteiger partial charge in [-0.2, -0.15) is 166 Å². The fourth-order valence-corrected chi connectivity index (χ4v) is 11.5. The number of benzene rings is 7. The third kappa shape index (κ3) is 15.9. The van der Waals surface area contributed by atoms with E-state index < -0.39 is 0 Å². The Morgan fingerprint density at radius 1 is 0.333 bits per heavy atom. The van der Waals surface area contributed by atoms with E-state index in [-0.39, 0.29) is 101 Å². The van der Waals surface area contributed by atoms with Gasteiger partial charge in [0.25, 0.3) is 0 Å². The monoisotopic (exact) mass is 2190 g/mol. The second-order valence-electron chi connectivity index (χ2n) is 22.4. The molecule has 0 saturated carbocycles. The molecule has 6 aromatic heterocycles. The Labute approximate surface area is 646 Å². The maximum Gasteiger partial charge on any atom is 0.125 e. The summed E-state index contributed by atoms with van der Waals surface area (Å²) >= 11 is 0. The van der Waals surface area contributed by atoms with E-state index >= 15 is 0 Å². The van der Waals surface area contributed by atoms with Crippen LogP contribution in [0.2, 0.25) is 0 Å². The molecule has 13 aromatic rings. The van der Waals surface area contributed by atoms with Crippen LogP contribution in [-0.2, 0) is 101 Å². The summed E-state index contributed by atoms with van der Waals surface area (Å²) in [7, 11) is 10.1. The van der Waals surface area contributed by atoms with Crippen molar-refractivity contribution < 1.29 is 105 Å². The summed E-state index contributed by atoms with van der Waals surface area (Å²) in [5.41, 5.74) is 15.4. The molecule has 0 aliphatic carbocycles. The summed E-state index contributed by atoms with van der Waals surface area (Å²) in [6.45, 7) is 12.2. The number of rotatable bonds is 6. The van der Waals surface area contributed by atoms with E-state index in [0.717, 1.165) is 119 Å². The number of hydrogen-bond donors (Lipinski definition) is 0. The molecule has 5 aliphatic heterocycles. The van der Waals surface area contributed by atoms with Crippen LogP contribution in [0.3, 0.4) is 0 Å². The average molecular weight is 2190 g/mol. The predicted octanol–water partition coefficient (Wildman–Crippen LogP) is 16.8. The average Bonchev–Trinajstić information content (AvgIpc) is 1.61. The van der Waals surface area contributed by atoms with Crippen molar-refractivity contribution in [3.63, 3.8) is 0 Å². The molecule has 18 rings (SSSR count). The molecular formula is C78H63Ir5N15O-10. The van der Waals surface area contributed by atoms with E-state index in [2.05, 4.69) is 152 Å². The molecule has 0 bridgehead atoms. The molecule has 5 aliphatic rings. The maximum absolute atomic E-state index is 6.11.